The van der Waals surface area contributed by atoms with Crippen LogP contribution in [-0.4, -0.2) is 21.1 Å². The Balaban J connectivity index is 2.46. The smallest absolute Gasteiger partial charge is 0.169 e. The van der Waals surface area contributed by atoms with Crippen LogP contribution >= 0.6 is 11.8 Å². The molecule has 4 heteroatoms. The van der Waals surface area contributed by atoms with Crippen molar-refractivity contribution in [3.05, 3.63) is 24.3 Å². The highest BCUT2D eigenvalue weighted by molar-refractivity contribution is 7.99. The van der Waals surface area contributed by atoms with Crippen molar-refractivity contribution in [1.29, 1.82) is 0 Å². The SMILES string of the molecule is CC(=O)CSc1nc2ccccc2n1C(C)C. The van der Waals surface area contributed by atoms with E-state index < -0.39 is 0 Å². The lowest BCUT2D eigenvalue weighted by molar-refractivity contribution is -0.114. The summed E-state index contributed by atoms with van der Waals surface area (Å²) in [6, 6.07) is 8.42. The standard InChI is InChI=1S/C13H16N2OS/c1-9(2)15-12-7-5-4-6-11(12)14-13(15)17-8-10(3)16/h4-7,9H,8H2,1-3H3. The third-order valence-corrected chi connectivity index (χ3v) is 3.58. The zero-order valence-electron chi connectivity index (χ0n) is 10.3. The van der Waals surface area contributed by atoms with Crippen LogP contribution in [-0.2, 0) is 4.79 Å². The maximum absolute atomic E-state index is 11.1. The summed E-state index contributed by atoms with van der Waals surface area (Å²) in [7, 11) is 0. The summed E-state index contributed by atoms with van der Waals surface area (Å²) in [5, 5.41) is 0.927. The monoisotopic (exact) mass is 248 g/mol. The second kappa shape index (κ2) is 4.92. The van der Waals surface area contributed by atoms with Gasteiger partial charge in [0.05, 0.1) is 16.8 Å². The minimum Gasteiger partial charge on any atom is -0.316 e. The first-order chi connectivity index (χ1) is 8.09. The van der Waals surface area contributed by atoms with Crippen LogP contribution < -0.4 is 0 Å². The molecule has 0 aliphatic carbocycles. The molecule has 0 N–H and O–H groups in total. The number of imidazole rings is 1. The number of nitrogens with zero attached hydrogens (tertiary/aromatic N) is 2. The predicted octanol–water partition coefficient (Wildman–Crippen LogP) is 3.30. The number of rotatable bonds is 4. The molecule has 0 atom stereocenters. The van der Waals surface area contributed by atoms with Crippen LogP contribution in [0.15, 0.2) is 29.4 Å². The van der Waals surface area contributed by atoms with E-state index in [0.717, 1.165) is 16.2 Å². The quantitative estimate of drug-likeness (QED) is 0.779. The summed E-state index contributed by atoms with van der Waals surface area (Å²) in [5.74, 6) is 0.660. The zero-order valence-corrected chi connectivity index (χ0v) is 11.1. The largest absolute Gasteiger partial charge is 0.316 e. The summed E-state index contributed by atoms with van der Waals surface area (Å²) >= 11 is 1.51. The molecule has 0 aliphatic heterocycles. The van der Waals surface area contributed by atoms with Gasteiger partial charge in [0.1, 0.15) is 5.78 Å². The molecule has 0 saturated heterocycles. The Bertz CT molecular complexity index is 545. The molecule has 0 aliphatic rings. The van der Waals surface area contributed by atoms with Gasteiger partial charge in [-0.05, 0) is 32.9 Å². The van der Waals surface area contributed by atoms with Crippen molar-refractivity contribution in [2.24, 2.45) is 0 Å². The first-order valence-corrected chi connectivity index (χ1v) is 6.67. The van der Waals surface area contributed by atoms with Crippen molar-refractivity contribution >= 4 is 28.6 Å². The van der Waals surface area contributed by atoms with Crippen LogP contribution in [0.5, 0.6) is 0 Å². The molecule has 0 saturated carbocycles. The van der Waals surface area contributed by atoms with Crippen molar-refractivity contribution in [1.82, 2.24) is 9.55 Å². The second-order valence-corrected chi connectivity index (χ2v) is 5.28. The second-order valence-electron chi connectivity index (χ2n) is 4.34. The number of Topliss-reactive ketones (excluding diaryl/α,β-unsaturated/α-hetero) is 1. The maximum Gasteiger partial charge on any atom is 0.169 e. The lowest BCUT2D eigenvalue weighted by Gasteiger charge is -2.11. The van der Waals surface area contributed by atoms with Gasteiger partial charge in [-0.3, -0.25) is 4.79 Å². The zero-order chi connectivity index (χ0) is 12.4. The molecule has 0 bridgehead atoms. The molecule has 0 amide bonds. The first kappa shape index (κ1) is 12.2. The topological polar surface area (TPSA) is 34.9 Å². The normalized spacial score (nSPS) is 11.3. The molecule has 1 aromatic heterocycles. The molecule has 0 unspecified atom stereocenters. The molecule has 1 aromatic carbocycles. The molecule has 1 heterocycles. The van der Waals surface area contributed by atoms with Gasteiger partial charge in [-0.2, -0.15) is 0 Å². The molecular formula is C13H16N2OS. The number of hydrogen-bond donors (Lipinski definition) is 0. The van der Waals surface area contributed by atoms with Gasteiger partial charge in [0.2, 0.25) is 0 Å². The molecule has 90 valence electrons. The van der Waals surface area contributed by atoms with Crippen LogP contribution in [0.25, 0.3) is 11.0 Å². The van der Waals surface area contributed by atoms with Gasteiger partial charge >= 0.3 is 0 Å². The minimum atomic E-state index is 0.178. The molecule has 2 rings (SSSR count). The Morgan fingerprint density at radius 2 is 2.12 bits per heavy atom. The van der Waals surface area contributed by atoms with Crippen LogP contribution in [0, 0.1) is 0 Å². The van der Waals surface area contributed by atoms with E-state index in [4.69, 9.17) is 0 Å². The Kier molecular flexibility index (Phi) is 3.52. The third-order valence-electron chi connectivity index (χ3n) is 2.48. The van der Waals surface area contributed by atoms with E-state index in [1.807, 2.05) is 18.2 Å². The number of para-hydroxylation sites is 2. The lowest BCUT2D eigenvalue weighted by atomic mass is 10.3. The minimum absolute atomic E-state index is 0.178. The van der Waals surface area contributed by atoms with Crippen molar-refractivity contribution in [3.63, 3.8) is 0 Å². The van der Waals surface area contributed by atoms with E-state index in [-0.39, 0.29) is 5.78 Å². The number of thioether (sulfide) groups is 1. The molecule has 0 spiro atoms. The van der Waals surface area contributed by atoms with Crippen LogP contribution in [0.4, 0.5) is 0 Å². The maximum atomic E-state index is 11.1. The van der Waals surface area contributed by atoms with Crippen LogP contribution in [0.1, 0.15) is 26.8 Å². The van der Waals surface area contributed by atoms with Gasteiger partial charge in [0.15, 0.2) is 5.16 Å². The number of carbonyl (C=O) groups excluding carboxylic acids is 1. The number of aromatic nitrogens is 2. The van der Waals surface area contributed by atoms with E-state index in [1.54, 1.807) is 6.92 Å². The summed E-state index contributed by atoms with van der Waals surface area (Å²) in [4.78, 5) is 15.6. The summed E-state index contributed by atoms with van der Waals surface area (Å²) in [6.45, 7) is 5.87. The molecule has 3 nitrogen and oxygen atoms in total. The van der Waals surface area contributed by atoms with E-state index in [0.29, 0.717) is 11.8 Å². The van der Waals surface area contributed by atoms with Crippen molar-refractivity contribution in [2.45, 2.75) is 32.0 Å². The highest BCUT2D eigenvalue weighted by Crippen LogP contribution is 2.27. The Labute approximate surface area is 105 Å². The molecular weight excluding hydrogens is 232 g/mol. The van der Waals surface area contributed by atoms with Gasteiger partial charge in [0, 0.05) is 6.04 Å². The van der Waals surface area contributed by atoms with E-state index in [1.165, 1.54) is 11.8 Å². The number of fused-ring (bicyclic) bond motifs is 1. The van der Waals surface area contributed by atoms with Gasteiger partial charge in [0.25, 0.3) is 0 Å². The third kappa shape index (κ3) is 2.52. The predicted molar refractivity (Wildman–Crippen MR) is 71.5 cm³/mol. The summed E-state index contributed by atoms with van der Waals surface area (Å²) in [6.07, 6.45) is 0. The van der Waals surface area contributed by atoms with Gasteiger partial charge in [-0.25, -0.2) is 4.98 Å². The molecule has 2 aromatic rings. The lowest BCUT2D eigenvalue weighted by Crippen LogP contribution is -2.04. The average molecular weight is 248 g/mol. The highest BCUT2D eigenvalue weighted by atomic mass is 32.2. The number of hydrogen-bond acceptors (Lipinski definition) is 3. The Morgan fingerprint density at radius 3 is 2.76 bits per heavy atom. The highest BCUT2D eigenvalue weighted by Gasteiger charge is 2.13. The Morgan fingerprint density at radius 1 is 1.41 bits per heavy atom. The van der Waals surface area contributed by atoms with Crippen molar-refractivity contribution in [2.75, 3.05) is 5.75 Å². The van der Waals surface area contributed by atoms with Crippen molar-refractivity contribution in [3.8, 4) is 0 Å². The van der Waals surface area contributed by atoms with Crippen LogP contribution in [0.2, 0.25) is 0 Å². The number of benzene rings is 1. The van der Waals surface area contributed by atoms with E-state index in [2.05, 4.69) is 29.5 Å². The van der Waals surface area contributed by atoms with Crippen molar-refractivity contribution < 1.29 is 4.79 Å². The Hall–Kier alpha value is -1.29. The summed E-state index contributed by atoms with van der Waals surface area (Å²) in [5.41, 5.74) is 2.13. The fourth-order valence-electron chi connectivity index (χ4n) is 1.79. The first-order valence-electron chi connectivity index (χ1n) is 5.69. The van der Waals surface area contributed by atoms with Gasteiger partial charge in [-0.15, -0.1) is 0 Å². The molecule has 0 radical (unpaired) electrons. The summed E-state index contributed by atoms with van der Waals surface area (Å²) < 4.78 is 2.18. The fourth-order valence-corrected chi connectivity index (χ4v) is 2.73. The fraction of sp³-hybridized carbons (Fsp3) is 0.385. The van der Waals surface area contributed by atoms with E-state index in [9.17, 15) is 4.79 Å². The number of carbonyl (C=O) groups is 1. The molecule has 0 fully saturated rings. The van der Waals surface area contributed by atoms with Gasteiger partial charge in [-0.1, -0.05) is 23.9 Å². The van der Waals surface area contributed by atoms with Gasteiger partial charge < -0.3 is 4.57 Å². The average Bonchev–Trinajstić information content (AvgIpc) is 2.64. The van der Waals surface area contributed by atoms with E-state index >= 15 is 0 Å². The number of ketones is 1. The molecule has 17 heavy (non-hydrogen) atoms. The van der Waals surface area contributed by atoms with Crippen LogP contribution in [0.3, 0.4) is 0 Å².